The average Bonchev–Trinajstić information content (AvgIpc) is 2.41. The molecule has 0 fully saturated rings. The lowest BCUT2D eigenvalue weighted by Crippen LogP contribution is -2.08. The zero-order chi connectivity index (χ0) is 13.8. The predicted molar refractivity (Wildman–Crippen MR) is 86.3 cm³/mol. The van der Waals surface area contributed by atoms with Crippen molar-refractivity contribution in [2.24, 2.45) is 0 Å². The quantitative estimate of drug-likeness (QED) is 0.840. The van der Waals surface area contributed by atoms with Gasteiger partial charge in [-0.25, -0.2) is 15.0 Å². The van der Waals surface area contributed by atoms with Crippen molar-refractivity contribution in [3.63, 3.8) is 0 Å². The largest absolute Gasteiger partial charge is 0.369 e. The van der Waals surface area contributed by atoms with Crippen LogP contribution in [0.3, 0.4) is 0 Å². The number of aromatic nitrogens is 3. The van der Waals surface area contributed by atoms with E-state index < -0.39 is 0 Å². The molecule has 0 bridgehead atoms. The highest BCUT2D eigenvalue weighted by atomic mass is 127. The van der Waals surface area contributed by atoms with Crippen molar-refractivity contribution in [1.82, 2.24) is 15.0 Å². The molecule has 0 aliphatic rings. The fourth-order valence-corrected chi connectivity index (χ4v) is 2.61. The number of aryl methyl sites for hydroxylation is 2. The van der Waals surface area contributed by atoms with Crippen LogP contribution in [0.5, 0.6) is 0 Å². The normalized spacial score (nSPS) is 10.5. The molecule has 0 aliphatic carbocycles. The van der Waals surface area contributed by atoms with Crippen LogP contribution in [0.25, 0.3) is 11.5 Å². The van der Waals surface area contributed by atoms with Crippen LogP contribution >= 0.6 is 22.6 Å². The third kappa shape index (κ3) is 3.20. The first-order chi connectivity index (χ1) is 9.15. The number of pyridine rings is 1. The molecule has 0 aliphatic heterocycles. The van der Waals surface area contributed by atoms with Gasteiger partial charge in [0.1, 0.15) is 11.5 Å². The van der Waals surface area contributed by atoms with Gasteiger partial charge in [-0.2, -0.15) is 0 Å². The van der Waals surface area contributed by atoms with Crippen molar-refractivity contribution in [2.75, 3.05) is 11.9 Å². The summed E-state index contributed by atoms with van der Waals surface area (Å²) in [5.41, 5.74) is 2.86. The molecule has 0 radical (unpaired) electrons. The van der Waals surface area contributed by atoms with Crippen molar-refractivity contribution in [2.45, 2.75) is 27.2 Å². The lowest BCUT2D eigenvalue weighted by Gasteiger charge is -2.11. The first-order valence-electron chi connectivity index (χ1n) is 6.40. The monoisotopic (exact) mass is 368 g/mol. The van der Waals surface area contributed by atoms with Crippen LogP contribution < -0.4 is 5.32 Å². The minimum absolute atomic E-state index is 0.692. The molecular weight excluding hydrogens is 351 g/mol. The van der Waals surface area contributed by atoms with Crippen molar-refractivity contribution in [3.05, 3.63) is 33.2 Å². The van der Waals surface area contributed by atoms with Gasteiger partial charge in [-0.1, -0.05) is 13.0 Å². The Kier molecular flexibility index (Phi) is 4.68. The van der Waals surface area contributed by atoms with Crippen LogP contribution in [-0.4, -0.2) is 21.5 Å². The molecule has 4 nitrogen and oxygen atoms in total. The van der Waals surface area contributed by atoms with Gasteiger partial charge in [0.2, 0.25) is 0 Å². The molecule has 0 saturated heterocycles. The number of hydrogen-bond acceptors (Lipinski definition) is 4. The molecular formula is C14H17IN4. The summed E-state index contributed by atoms with van der Waals surface area (Å²) in [5.74, 6) is 1.59. The van der Waals surface area contributed by atoms with Crippen LogP contribution in [0, 0.1) is 10.5 Å². The van der Waals surface area contributed by atoms with Crippen LogP contribution in [0.2, 0.25) is 0 Å². The van der Waals surface area contributed by atoms with E-state index in [1.165, 1.54) is 0 Å². The molecule has 0 spiro atoms. The van der Waals surface area contributed by atoms with Crippen LogP contribution in [0.4, 0.5) is 5.82 Å². The molecule has 0 aromatic carbocycles. The van der Waals surface area contributed by atoms with E-state index in [2.05, 4.69) is 56.7 Å². The molecule has 5 heteroatoms. The number of anilines is 1. The second-order valence-electron chi connectivity index (χ2n) is 4.20. The Balaban J connectivity index is 2.54. The summed E-state index contributed by atoms with van der Waals surface area (Å²) in [5, 5.41) is 3.29. The van der Waals surface area contributed by atoms with Crippen LogP contribution in [0.15, 0.2) is 18.2 Å². The summed E-state index contributed by atoms with van der Waals surface area (Å²) in [6, 6.07) is 5.91. The lowest BCUT2D eigenvalue weighted by atomic mass is 10.2. The van der Waals surface area contributed by atoms with E-state index in [0.717, 1.165) is 39.4 Å². The topological polar surface area (TPSA) is 50.7 Å². The third-order valence-electron chi connectivity index (χ3n) is 2.72. The molecule has 0 unspecified atom stereocenters. The Labute approximate surface area is 127 Å². The molecule has 0 saturated carbocycles. The first kappa shape index (κ1) is 14.2. The summed E-state index contributed by atoms with van der Waals surface area (Å²) in [7, 11) is 0. The zero-order valence-electron chi connectivity index (χ0n) is 11.4. The molecule has 2 heterocycles. The second kappa shape index (κ2) is 6.27. The van der Waals surface area contributed by atoms with E-state index in [9.17, 15) is 0 Å². The van der Waals surface area contributed by atoms with Crippen LogP contribution in [0.1, 0.15) is 25.2 Å². The van der Waals surface area contributed by atoms with Gasteiger partial charge in [-0.3, -0.25) is 0 Å². The van der Waals surface area contributed by atoms with Crippen LogP contribution in [-0.2, 0) is 6.42 Å². The van der Waals surface area contributed by atoms with E-state index in [1.54, 1.807) is 0 Å². The number of halogens is 1. The smallest absolute Gasteiger partial charge is 0.180 e. The molecule has 2 aromatic heterocycles. The van der Waals surface area contributed by atoms with Gasteiger partial charge in [0.05, 0.1) is 9.26 Å². The average molecular weight is 368 g/mol. The SMILES string of the molecule is CCNc1nc(-c2cccc(C)n2)nc(CC)c1I. The van der Waals surface area contributed by atoms with Gasteiger partial charge in [0, 0.05) is 12.2 Å². The third-order valence-corrected chi connectivity index (χ3v) is 3.85. The minimum Gasteiger partial charge on any atom is -0.369 e. The molecule has 0 atom stereocenters. The summed E-state index contributed by atoms with van der Waals surface area (Å²) >= 11 is 2.30. The Morgan fingerprint density at radius 2 is 1.95 bits per heavy atom. The fraction of sp³-hybridized carbons (Fsp3) is 0.357. The molecule has 19 heavy (non-hydrogen) atoms. The molecule has 1 N–H and O–H groups in total. The van der Waals surface area contributed by atoms with Crippen molar-refractivity contribution >= 4 is 28.4 Å². The van der Waals surface area contributed by atoms with E-state index in [0.29, 0.717) is 5.82 Å². The van der Waals surface area contributed by atoms with Gasteiger partial charge < -0.3 is 5.32 Å². The number of hydrogen-bond donors (Lipinski definition) is 1. The maximum atomic E-state index is 4.62. The Bertz CT molecular complexity index is 584. The molecule has 100 valence electrons. The summed E-state index contributed by atoms with van der Waals surface area (Å²) in [6.45, 7) is 6.99. The Morgan fingerprint density at radius 1 is 1.16 bits per heavy atom. The summed E-state index contributed by atoms with van der Waals surface area (Å²) in [6.07, 6.45) is 0.887. The zero-order valence-corrected chi connectivity index (χ0v) is 13.5. The standard InChI is InChI=1S/C14H17IN4/c1-4-10-12(15)14(16-5-2)19-13(18-10)11-8-6-7-9(3)17-11/h6-8H,4-5H2,1-3H3,(H,16,18,19). The second-order valence-corrected chi connectivity index (χ2v) is 5.28. The first-order valence-corrected chi connectivity index (χ1v) is 7.47. The highest BCUT2D eigenvalue weighted by Crippen LogP contribution is 2.23. The summed E-state index contributed by atoms with van der Waals surface area (Å²) in [4.78, 5) is 13.7. The Hall–Kier alpha value is -1.24. The molecule has 2 rings (SSSR count). The Morgan fingerprint density at radius 3 is 2.58 bits per heavy atom. The lowest BCUT2D eigenvalue weighted by molar-refractivity contribution is 0.974. The van der Waals surface area contributed by atoms with Gasteiger partial charge >= 0.3 is 0 Å². The van der Waals surface area contributed by atoms with Gasteiger partial charge in [-0.15, -0.1) is 0 Å². The van der Waals surface area contributed by atoms with Crippen molar-refractivity contribution in [3.8, 4) is 11.5 Å². The fourth-order valence-electron chi connectivity index (χ4n) is 1.79. The van der Waals surface area contributed by atoms with E-state index in [-0.39, 0.29) is 0 Å². The maximum Gasteiger partial charge on any atom is 0.180 e. The molecule has 2 aromatic rings. The van der Waals surface area contributed by atoms with E-state index in [4.69, 9.17) is 0 Å². The molecule has 0 amide bonds. The number of rotatable bonds is 4. The minimum atomic E-state index is 0.692. The maximum absolute atomic E-state index is 4.62. The van der Waals surface area contributed by atoms with Crippen molar-refractivity contribution in [1.29, 1.82) is 0 Å². The van der Waals surface area contributed by atoms with E-state index >= 15 is 0 Å². The highest BCUT2D eigenvalue weighted by Gasteiger charge is 2.12. The van der Waals surface area contributed by atoms with Gasteiger partial charge in [-0.05, 0) is 55.0 Å². The summed E-state index contributed by atoms with van der Waals surface area (Å²) < 4.78 is 1.10. The van der Waals surface area contributed by atoms with Crippen molar-refractivity contribution < 1.29 is 0 Å². The predicted octanol–water partition coefficient (Wildman–Crippen LogP) is 3.45. The number of nitrogens with zero attached hydrogens (tertiary/aromatic N) is 3. The van der Waals surface area contributed by atoms with Gasteiger partial charge in [0.25, 0.3) is 0 Å². The van der Waals surface area contributed by atoms with Gasteiger partial charge in [0.15, 0.2) is 5.82 Å². The van der Waals surface area contributed by atoms with E-state index in [1.807, 2.05) is 25.1 Å². The highest BCUT2D eigenvalue weighted by molar-refractivity contribution is 14.1. The number of nitrogens with one attached hydrogen (secondary N) is 1.